The van der Waals surface area contributed by atoms with E-state index in [1.165, 1.54) is 4.90 Å². The molecular weight excluding hydrogens is 325 g/mol. The molecule has 0 fully saturated rings. The number of hydrogen-bond donors (Lipinski definition) is 1. The van der Waals surface area contributed by atoms with Crippen LogP contribution in [0.15, 0.2) is 22.7 Å². The lowest BCUT2D eigenvalue weighted by atomic mass is 9.95. The van der Waals surface area contributed by atoms with Crippen molar-refractivity contribution in [2.75, 3.05) is 6.54 Å². The Hall–Kier alpha value is -1.10. The second-order valence-electron chi connectivity index (χ2n) is 6.31. The standard InChI is InChI=1S/C15H19BrFNO2/c1-14(2,3)18(13(19)20)9-15(17)7-6-10-8-11(16)4-5-12(10)15/h4-5,8H,6-7,9H2,1-3H3,(H,19,20). The van der Waals surface area contributed by atoms with Crippen molar-refractivity contribution in [3.8, 4) is 0 Å². The lowest BCUT2D eigenvalue weighted by Crippen LogP contribution is -2.50. The second-order valence-corrected chi connectivity index (χ2v) is 7.22. The van der Waals surface area contributed by atoms with E-state index in [1.54, 1.807) is 32.9 Å². The van der Waals surface area contributed by atoms with Crippen LogP contribution in [0.3, 0.4) is 0 Å². The van der Waals surface area contributed by atoms with Crippen LogP contribution in [-0.4, -0.2) is 28.2 Å². The first-order valence-electron chi connectivity index (χ1n) is 6.62. The predicted octanol–water partition coefficient (Wildman–Crippen LogP) is 4.34. The zero-order valence-electron chi connectivity index (χ0n) is 11.9. The molecule has 1 aliphatic carbocycles. The molecule has 0 saturated heterocycles. The van der Waals surface area contributed by atoms with Gasteiger partial charge in [-0.05, 0) is 56.9 Å². The van der Waals surface area contributed by atoms with Crippen molar-refractivity contribution in [3.05, 3.63) is 33.8 Å². The highest BCUT2D eigenvalue weighted by molar-refractivity contribution is 9.10. The van der Waals surface area contributed by atoms with Gasteiger partial charge in [0.15, 0.2) is 5.67 Å². The topological polar surface area (TPSA) is 40.5 Å². The van der Waals surface area contributed by atoms with E-state index in [4.69, 9.17) is 0 Å². The molecule has 1 aliphatic rings. The fraction of sp³-hybridized carbons (Fsp3) is 0.533. The van der Waals surface area contributed by atoms with Gasteiger partial charge in [-0.25, -0.2) is 9.18 Å². The summed E-state index contributed by atoms with van der Waals surface area (Å²) in [7, 11) is 0. The maximum absolute atomic E-state index is 15.3. The molecule has 20 heavy (non-hydrogen) atoms. The SMILES string of the molecule is CC(C)(C)N(CC1(F)CCc2cc(Br)ccc21)C(=O)O. The molecule has 5 heteroatoms. The summed E-state index contributed by atoms with van der Waals surface area (Å²) in [6, 6.07) is 5.48. The Kier molecular flexibility index (Phi) is 3.84. The van der Waals surface area contributed by atoms with Gasteiger partial charge in [0.2, 0.25) is 0 Å². The molecule has 1 aromatic carbocycles. The predicted molar refractivity (Wildman–Crippen MR) is 79.7 cm³/mol. The number of rotatable bonds is 2. The summed E-state index contributed by atoms with van der Waals surface area (Å²) in [6.07, 6.45) is -0.110. The van der Waals surface area contributed by atoms with Gasteiger partial charge in [0.25, 0.3) is 0 Å². The molecule has 110 valence electrons. The molecule has 0 aromatic heterocycles. The average molecular weight is 344 g/mol. The molecule has 0 saturated carbocycles. The van der Waals surface area contributed by atoms with Gasteiger partial charge in [-0.2, -0.15) is 0 Å². The largest absolute Gasteiger partial charge is 0.465 e. The first-order valence-corrected chi connectivity index (χ1v) is 7.41. The average Bonchev–Trinajstić information content (AvgIpc) is 2.62. The van der Waals surface area contributed by atoms with Gasteiger partial charge >= 0.3 is 6.09 Å². The Labute approximate surface area is 126 Å². The van der Waals surface area contributed by atoms with Crippen LogP contribution in [-0.2, 0) is 12.1 Å². The number of carbonyl (C=O) groups is 1. The zero-order chi connectivity index (χ0) is 15.1. The summed E-state index contributed by atoms with van der Waals surface area (Å²) in [4.78, 5) is 12.6. The number of carboxylic acid groups (broad SMARTS) is 1. The lowest BCUT2D eigenvalue weighted by molar-refractivity contribution is 0.0406. The second kappa shape index (κ2) is 5.02. The minimum absolute atomic E-state index is 0.125. The van der Waals surface area contributed by atoms with Crippen molar-refractivity contribution in [2.45, 2.75) is 44.8 Å². The Balaban J connectivity index is 2.33. The summed E-state index contributed by atoms with van der Waals surface area (Å²) in [5, 5.41) is 9.33. The minimum Gasteiger partial charge on any atom is -0.465 e. The first-order chi connectivity index (χ1) is 9.13. The maximum atomic E-state index is 15.3. The van der Waals surface area contributed by atoms with E-state index in [9.17, 15) is 9.90 Å². The third kappa shape index (κ3) is 2.82. The van der Waals surface area contributed by atoms with Crippen LogP contribution < -0.4 is 0 Å². The highest BCUT2D eigenvalue weighted by Gasteiger charge is 2.43. The third-order valence-corrected chi connectivity index (χ3v) is 4.28. The van der Waals surface area contributed by atoms with Gasteiger partial charge in [-0.1, -0.05) is 22.0 Å². The van der Waals surface area contributed by atoms with E-state index >= 15 is 4.39 Å². The number of aryl methyl sites for hydroxylation is 1. The lowest BCUT2D eigenvalue weighted by Gasteiger charge is -2.37. The van der Waals surface area contributed by atoms with Gasteiger partial charge < -0.3 is 5.11 Å². The molecular formula is C15H19BrFNO2. The van der Waals surface area contributed by atoms with Crippen LogP contribution >= 0.6 is 15.9 Å². The summed E-state index contributed by atoms with van der Waals surface area (Å²) in [5.74, 6) is 0. The van der Waals surface area contributed by atoms with Crippen LogP contribution in [0.4, 0.5) is 9.18 Å². The van der Waals surface area contributed by atoms with Gasteiger partial charge in [0, 0.05) is 10.0 Å². The summed E-state index contributed by atoms with van der Waals surface area (Å²) in [5.41, 5.74) is -0.637. The van der Waals surface area contributed by atoms with Crippen molar-refractivity contribution in [1.29, 1.82) is 0 Å². The van der Waals surface area contributed by atoms with E-state index in [-0.39, 0.29) is 6.54 Å². The summed E-state index contributed by atoms with van der Waals surface area (Å²) >= 11 is 3.38. The monoisotopic (exact) mass is 343 g/mol. The third-order valence-electron chi connectivity index (χ3n) is 3.79. The van der Waals surface area contributed by atoms with Crippen molar-refractivity contribution < 1.29 is 14.3 Å². The van der Waals surface area contributed by atoms with Gasteiger partial charge in [-0.15, -0.1) is 0 Å². The fourth-order valence-corrected chi connectivity index (χ4v) is 3.09. The van der Waals surface area contributed by atoms with Crippen LogP contribution in [0.2, 0.25) is 0 Å². The Bertz CT molecular complexity index is 541. The van der Waals surface area contributed by atoms with Gasteiger partial charge in [-0.3, -0.25) is 4.90 Å². The molecule has 0 spiro atoms. The molecule has 0 aliphatic heterocycles. The number of nitrogens with zero attached hydrogens (tertiary/aromatic N) is 1. The van der Waals surface area contributed by atoms with Crippen molar-refractivity contribution in [2.24, 2.45) is 0 Å². The quantitative estimate of drug-likeness (QED) is 0.867. The Morgan fingerprint density at radius 2 is 2.15 bits per heavy atom. The van der Waals surface area contributed by atoms with Gasteiger partial charge in [0.1, 0.15) is 0 Å². The van der Waals surface area contributed by atoms with Crippen molar-refractivity contribution in [1.82, 2.24) is 4.90 Å². The van der Waals surface area contributed by atoms with Crippen LogP contribution in [0, 0.1) is 0 Å². The zero-order valence-corrected chi connectivity index (χ0v) is 13.5. The number of alkyl halides is 1. The van der Waals surface area contributed by atoms with E-state index in [2.05, 4.69) is 15.9 Å². The Morgan fingerprint density at radius 3 is 2.70 bits per heavy atom. The number of hydrogen-bond acceptors (Lipinski definition) is 1. The fourth-order valence-electron chi connectivity index (χ4n) is 2.68. The number of benzene rings is 1. The smallest absolute Gasteiger partial charge is 0.407 e. The number of halogens is 2. The first kappa shape index (κ1) is 15.3. The molecule has 0 heterocycles. The maximum Gasteiger partial charge on any atom is 0.407 e. The highest BCUT2D eigenvalue weighted by atomic mass is 79.9. The van der Waals surface area contributed by atoms with E-state index in [1.807, 2.05) is 6.07 Å². The van der Waals surface area contributed by atoms with Gasteiger partial charge in [0.05, 0.1) is 6.54 Å². The summed E-state index contributed by atoms with van der Waals surface area (Å²) < 4.78 is 16.2. The minimum atomic E-state index is -1.60. The molecule has 3 nitrogen and oxygen atoms in total. The normalized spacial score (nSPS) is 21.6. The van der Waals surface area contributed by atoms with E-state index < -0.39 is 17.3 Å². The van der Waals surface area contributed by atoms with Crippen LogP contribution in [0.1, 0.15) is 38.3 Å². The molecule has 0 bridgehead atoms. The van der Waals surface area contributed by atoms with Crippen LogP contribution in [0.5, 0.6) is 0 Å². The molecule has 1 unspecified atom stereocenters. The van der Waals surface area contributed by atoms with Crippen molar-refractivity contribution >= 4 is 22.0 Å². The highest BCUT2D eigenvalue weighted by Crippen LogP contribution is 2.42. The molecule has 1 N–H and O–H groups in total. The van der Waals surface area contributed by atoms with Crippen molar-refractivity contribution in [3.63, 3.8) is 0 Å². The number of fused-ring (bicyclic) bond motifs is 1. The van der Waals surface area contributed by atoms with E-state index in [0.717, 1.165) is 10.0 Å². The molecule has 2 rings (SSSR count). The number of amides is 1. The summed E-state index contributed by atoms with van der Waals surface area (Å²) in [6.45, 7) is 5.21. The van der Waals surface area contributed by atoms with E-state index in [0.29, 0.717) is 18.4 Å². The molecule has 0 radical (unpaired) electrons. The molecule has 1 amide bonds. The van der Waals surface area contributed by atoms with Crippen LogP contribution in [0.25, 0.3) is 0 Å². The molecule has 1 atom stereocenters. The molecule has 1 aromatic rings. The Morgan fingerprint density at radius 1 is 1.50 bits per heavy atom.